The van der Waals surface area contributed by atoms with E-state index < -0.39 is 21.4 Å². The van der Waals surface area contributed by atoms with Crippen LogP contribution < -0.4 is 14.8 Å². The Hall–Kier alpha value is -1.14. The van der Waals surface area contributed by atoms with Gasteiger partial charge in [0.15, 0.2) is 17.5 Å². The molecule has 150 valence electrons. The lowest BCUT2D eigenvalue weighted by Gasteiger charge is -2.29. The summed E-state index contributed by atoms with van der Waals surface area (Å²) in [4.78, 5) is 5.99. The van der Waals surface area contributed by atoms with Crippen LogP contribution >= 0.6 is 24.0 Å². The Bertz CT molecular complexity index is 726. The predicted octanol–water partition coefficient (Wildman–Crippen LogP) is 1.79. The molecule has 0 spiro atoms. The largest absolute Gasteiger partial charge is 0.494 e. The van der Waals surface area contributed by atoms with Gasteiger partial charge in [-0.15, -0.1) is 24.0 Å². The highest BCUT2D eigenvalue weighted by atomic mass is 127. The molecule has 0 saturated carbocycles. The quantitative estimate of drug-likeness (QED) is 0.338. The lowest BCUT2D eigenvalue weighted by molar-refractivity contribution is 0.385. The first-order chi connectivity index (χ1) is 11.5. The number of halogens is 2. The summed E-state index contributed by atoms with van der Waals surface area (Å²) in [5.74, 6) is 0.344. The fourth-order valence-electron chi connectivity index (χ4n) is 2.38. The van der Waals surface area contributed by atoms with Gasteiger partial charge in [0.05, 0.1) is 13.4 Å². The molecule has 0 aromatic heterocycles. The molecule has 0 bridgehead atoms. The van der Waals surface area contributed by atoms with Crippen molar-refractivity contribution in [3.8, 4) is 5.75 Å². The van der Waals surface area contributed by atoms with Crippen LogP contribution in [-0.4, -0.2) is 58.8 Å². The fraction of sp³-hybridized carbons (Fsp3) is 0.562. The molecule has 0 aliphatic carbocycles. The zero-order valence-electron chi connectivity index (χ0n) is 16.0. The number of hydrogen-bond donors (Lipinski definition) is 2. The van der Waals surface area contributed by atoms with E-state index in [4.69, 9.17) is 4.74 Å². The van der Waals surface area contributed by atoms with Crippen molar-refractivity contribution in [2.24, 2.45) is 4.99 Å². The standard InChI is InChI=1S/C16H27FN4O3S.HI/c1-16(2,20-25(6,22)23)11-19-15(18-3)21(4)10-12-7-8-14(24-5)13(17)9-12;/h7-9,20H,10-11H2,1-6H3,(H,18,19);1H. The van der Waals surface area contributed by atoms with Crippen LogP contribution in [0.1, 0.15) is 19.4 Å². The van der Waals surface area contributed by atoms with Gasteiger partial charge in [-0.3, -0.25) is 4.99 Å². The third-order valence-corrected chi connectivity index (χ3v) is 4.28. The second-order valence-electron chi connectivity index (χ2n) is 6.48. The van der Waals surface area contributed by atoms with Crippen molar-refractivity contribution in [3.05, 3.63) is 29.6 Å². The summed E-state index contributed by atoms with van der Waals surface area (Å²) in [6.45, 7) is 4.31. The average Bonchev–Trinajstić information content (AvgIpc) is 2.45. The number of benzene rings is 1. The van der Waals surface area contributed by atoms with Crippen LogP contribution in [0.5, 0.6) is 5.75 Å². The highest BCUT2D eigenvalue weighted by molar-refractivity contribution is 14.0. The lowest BCUT2D eigenvalue weighted by Crippen LogP contribution is -2.53. The van der Waals surface area contributed by atoms with Crippen molar-refractivity contribution >= 4 is 40.0 Å². The van der Waals surface area contributed by atoms with Crippen LogP contribution in [0.4, 0.5) is 4.39 Å². The second kappa shape index (κ2) is 10.3. The molecule has 0 amide bonds. The molecule has 0 unspecified atom stereocenters. The third kappa shape index (κ3) is 8.49. The first kappa shape index (κ1) is 24.9. The van der Waals surface area contributed by atoms with E-state index in [0.29, 0.717) is 19.0 Å². The molecule has 0 radical (unpaired) electrons. The van der Waals surface area contributed by atoms with Gasteiger partial charge in [0.25, 0.3) is 0 Å². The number of nitrogens with one attached hydrogen (secondary N) is 2. The molecular formula is C16H28FIN4O3S. The Kier molecular flexibility index (Phi) is 9.81. The first-order valence-electron chi connectivity index (χ1n) is 7.70. The van der Waals surface area contributed by atoms with Crippen molar-refractivity contribution in [2.75, 3.05) is 34.0 Å². The maximum absolute atomic E-state index is 13.8. The number of aliphatic imine (C=N–C) groups is 1. The second-order valence-corrected chi connectivity index (χ2v) is 8.23. The molecule has 0 fully saturated rings. The van der Waals surface area contributed by atoms with Gasteiger partial charge in [0.1, 0.15) is 0 Å². The van der Waals surface area contributed by atoms with E-state index in [2.05, 4.69) is 15.0 Å². The maximum Gasteiger partial charge on any atom is 0.209 e. The zero-order chi connectivity index (χ0) is 19.3. The Morgan fingerprint density at radius 3 is 2.46 bits per heavy atom. The Morgan fingerprint density at radius 2 is 2.00 bits per heavy atom. The molecular weight excluding hydrogens is 474 g/mol. The van der Waals surface area contributed by atoms with Crippen molar-refractivity contribution in [1.29, 1.82) is 0 Å². The van der Waals surface area contributed by atoms with E-state index in [9.17, 15) is 12.8 Å². The highest BCUT2D eigenvalue weighted by Gasteiger charge is 2.23. The highest BCUT2D eigenvalue weighted by Crippen LogP contribution is 2.18. The maximum atomic E-state index is 13.8. The third-order valence-electron chi connectivity index (χ3n) is 3.36. The summed E-state index contributed by atoms with van der Waals surface area (Å²) in [6.07, 6.45) is 1.12. The molecule has 0 aliphatic rings. The zero-order valence-corrected chi connectivity index (χ0v) is 19.1. The van der Waals surface area contributed by atoms with Crippen LogP contribution in [-0.2, 0) is 16.6 Å². The van der Waals surface area contributed by atoms with E-state index in [-0.39, 0.29) is 29.7 Å². The van der Waals surface area contributed by atoms with Gasteiger partial charge in [-0.05, 0) is 31.5 Å². The number of nitrogens with zero attached hydrogens (tertiary/aromatic N) is 2. The molecule has 1 aromatic rings. The number of rotatable bonds is 7. The van der Waals surface area contributed by atoms with Crippen LogP contribution in [0.25, 0.3) is 0 Å². The first-order valence-corrected chi connectivity index (χ1v) is 9.60. The Morgan fingerprint density at radius 1 is 1.38 bits per heavy atom. The normalized spacial score (nSPS) is 12.3. The number of sulfonamides is 1. The summed E-state index contributed by atoms with van der Waals surface area (Å²) in [6, 6.07) is 4.77. The summed E-state index contributed by atoms with van der Waals surface area (Å²) in [5.41, 5.74) is 0.0774. The Labute approximate surface area is 172 Å². The van der Waals surface area contributed by atoms with Crippen molar-refractivity contribution in [1.82, 2.24) is 14.9 Å². The number of methoxy groups -OCH3 is 1. The van der Waals surface area contributed by atoms with Gasteiger partial charge in [-0.2, -0.15) is 0 Å². The number of guanidine groups is 1. The van der Waals surface area contributed by atoms with E-state index in [1.807, 2.05) is 11.9 Å². The van der Waals surface area contributed by atoms with E-state index >= 15 is 0 Å². The fourth-order valence-corrected chi connectivity index (χ4v) is 3.46. The molecule has 0 aliphatic heterocycles. The summed E-state index contributed by atoms with van der Waals surface area (Å²) in [7, 11) is 1.55. The summed E-state index contributed by atoms with van der Waals surface area (Å²) < 4.78 is 44.0. The Balaban J connectivity index is 0.00000625. The molecule has 1 rings (SSSR count). The van der Waals surface area contributed by atoms with E-state index in [1.54, 1.807) is 33.0 Å². The van der Waals surface area contributed by atoms with Crippen molar-refractivity contribution in [3.63, 3.8) is 0 Å². The molecule has 0 atom stereocenters. The minimum Gasteiger partial charge on any atom is -0.494 e. The molecule has 0 saturated heterocycles. The summed E-state index contributed by atoms with van der Waals surface area (Å²) >= 11 is 0. The van der Waals surface area contributed by atoms with Gasteiger partial charge in [0, 0.05) is 32.7 Å². The van der Waals surface area contributed by atoms with Crippen molar-refractivity contribution in [2.45, 2.75) is 25.9 Å². The van der Waals surface area contributed by atoms with Crippen LogP contribution in [0, 0.1) is 5.82 Å². The van der Waals surface area contributed by atoms with Gasteiger partial charge >= 0.3 is 0 Å². The minimum atomic E-state index is -3.31. The van der Waals surface area contributed by atoms with Crippen LogP contribution in [0.15, 0.2) is 23.2 Å². The van der Waals surface area contributed by atoms with Gasteiger partial charge in [0.2, 0.25) is 10.0 Å². The monoisotopic (exact) mass is 502 g/mol. The minimum absolute atomic E-state index is 0. The topological polar surface area (TPSA) is 83.0 Å². The molecule has 26 heavy (non-hydrogen) atoms. The van der Waals surface area contributed by atoms with E-state index in [1.165, 1.54) is 13.2 Å². The molecule has 7 nitrogen and oxygen atoms in total. The lowest BCUT2D eigenvalue weighted by atomic mass is 10.1. The average molecular weight is 502 g/mol. The summed E-state index contributed by atoms with van der Waals surface area (Å²) in [5, 5.41) is 3.12. The predicted molar refractivity (Wildman–Crippen MR) is 113 cm³/mol. The van der Waals surface area contributed by atoms with Gasteiger partial charge in [-0.1, -0.05) is 6.07 Å². The van der Waals surface area contributed by atoms with E-state index in [0.717, 1.165) is 11.8 Å². The van der Waals surface area contributed by atoms with Crippen molar-refractivity contribution < 1.29 is 17.5 Å². The smallest absolute Gasteiger partial charge is 0.209 e. The molecule has 10 heteroatoms. The van der Waals surface area contributed by atoms with Gasteiger partial charge in [-0.25, -0.2) is 17.5 Å². The molecule has 2 N–H and O–H groups in total. The van der Waals surface area contributed by atoms with Gasteiger partial charge < -0.3 is 15.0 Å². The SMILES string of the molecule is CN=C(NCC(C)(C)NS(C)(=O)=O)N(C)Cc1ccc(OC)c(F)c1.I. The number of ether oxygens (including phenoxy) is 1. The van der Waals surface area contributed by atoms with Crippen LogP contribution in [0.2, 0.25) is 0 Å². The molecule has 1 aromatic carbocycles. The van der Waals surface area contributed by atoms with Crippen LogP contribution in [0.3, 0.4) is 0 Å². The molecule has 0 heterocycles. The number of hydrogen-bond acceptors (Lipinski definition) is 4.